The van der Waals surface area contributed by atoms with Crippen LogP contribution in [0.1, 0.15) is 17.5 Å². The van der Waals surface area contributed by atoms with E-state index in [9.17, 15) is 10.2 Å². The average molecular weight is 402 g/mol. The maximum absolute atomic E-state index is 10.2. The maximum atomic E-state index is 10.2. The normalized spacial score (nSPS) is 24.1. The van der Waals surface area contributed by atoms with Crippen LogP contribution in [0.5, 0.6) is 0 Å². The third-order valence-electron chi connectivity index (χ3n) is 5.27. The standard InChI is InChI=1S/C23H30O6/c24-12-20-21(15-28-16-26-13-18-7-3-1-4-8-18)23(11-22(20)25)29-17-27-14-19-9-5-2-6-10-19/h1-10,20-25H,11-17H2/t20-,21?,22+,23?/m0/s1. The SMILES string of the molecule is OC[C@H]1C(COCOCc2ccccc2)C(OCOCc2ccccc2)C[C@H]1O. The summed E-state index contributed by atoms with van der Waals surface area (Å²) in [5, 5.41) is 19.9. The molecule has 6 heteroatoms. The highest BCUT2D eigenvalue weighted by Crippen LogP contribution is 2.34. The second-order valence-corrected chi connectivity index (χ2v) is 7.29. The molecule has 1 fully saturated rings. The van der Waals surface area contributed by atoms with Gasteiger partial charge in [-0.3, -0.25) is 0 Å². The summed E-state index contributed by atoms with van der Waals surface area (Å²) in [5.41, 5.74) is 2.16. The summed E-state index contributed by atoms with van der Waals surface area (Å²) in [6, 6.07) is 19.8. The third-order valence-corrected chi connectivity index (χ3v) is 5.27. The van der Waals surface area contributed by atoms with Crippen LogP contribution in [0.15, 0.2) is 60.7 Å². The molecule has 2 N–H and O–H groups in total. The Kier molecular flexibility index (Phi) is 9.08. The number of hydrogen-bond donors (Lipinski definition) is 2. The highest BCUT2D eigenvalue weighted by molar-refractivity contribution is 5.14. The minimum Gasteiger partial charge on any atom is -0.396 e. The lowest BCUT2D eigenvalue weighted by atomic mass is 9.95. The Bertz CT molecular complexity index is 680. The fourth-order valence-electron chi connectivity index (χ4n) is 3.67. The van der Waals surface area contributed by atoms with Gasteiger partial charge in [0.2, 0.25) is 0 Å². The van der Waals surface area contributed by atoms with E-state index in [2.05, 4.69) is 0 Å². The summed E-state index contributed by atoms with van der Waals surface area (Å²) in [4.78, 5) is 0. The zero-order chi connectivity index (χ0) is 20.3. The van der Waals surface area contributed by atoms with Crippen LogP contribution >= 0.6 is 0 Å². The predicted molar refractivity (Wildman–Crippen MR) is 108 cm³/mol. The summed E-state index contributed by atoms with van der Waals surface area (Å²) < 4.78 is 22.7. The van der Waals surface area contributed by atoms with Gasteiger partial charge in [-0.1, -0.05) is 60.7 Å². The van der Waals surface area contributed by atoms with Gasteiger partial charge in [-0.05, 0) is 11.1 Å². The third kappa shape index (κ3) is 6.89. The monoisotopic (exact) mass is 402 g/mol. The summed E-state index contributed by atoms with van der Waals surface area (Å²) in [6.45, 7) is 1.46. The van der Waals surface area contributed by atoms with E-state index in [1.165, 1.54) is 0 Å². The van der Waals surface area contributed by atoms with Gasteiger partial charge in [-0.15, -0.1) is 0 Å². The summed E-state index contributed by atoms with van der Waals surface area (Å²) >= 11 is 0. The summed E-state index contributed by atoms with van der Waals surface area (Å²) in [5.74, 6) is -0.390. The average Bonchev–Trinajstić information content (AvgIpc) is 3.06. The van der Waals surface area contributed by atoms with E-state index in [-0.39, 0.29) is 38.1 Å². The second kappa shape index (κ2) is 12.0. The van der Waals surface area contributed by atoms with Crippen molar-refractivity contribution in [2.45, 2.75) is 31.8 Å². The molecule has 4 atom stereocenters. The predicted octanol–water partition coefficient (Wildman–Crippen LogP) is 2.73. The van der Waals surface area contributed by atoms with Crippen LogP contribution in [-0.2, 0) is 32.2 Å². The van der Waals surface area contributed by atoms with E-state index >= 15 is 0 Å². The molecule has 2 unspecified atom stereocenters. The Morgan fingerprint density at radius 2 is 1.34 bits per heavy atom. The molecule has 0 spiro atoms. The van der Waals surface area contributed by atoms with Crippen molar-refractivity contribution in [2.24, 2.45) is 11.8 Å². The molecule has 0 amide bonds. The molecule has 158 valence electrons. The highest BCUT2D eigenvalue weighted by Gasteiger charge is 2.43. The molecule has 3 rings (SSSR count). The van der Waals surface area contributed by atoms with Gasteiger partial charge in [0, 0.05) is 24.9 Å². The van der Waals surface area contributed by atoms with Crippen molar-refractivity contribution in [1.82, 2.24) is 0 Å². The smallest absolute Gasteiger partial charge is 0.147 e. The van der Waals surface area contributed by atoms with Crippen LogP contribution in [-0.4, -0.2) is 49.2 Å². The molecule has 1 saturated carbocycles. The first-order valence-electron chi connectivity index (χ1n) is 9.99. The van der Waals surface area contributed by atoms with Crippen molar-refractivity contribution in [1.29, 1.82) is 0 Å². The van der Waals surface area contributed by atoms with Crippen molar-refractivity contribution < 1.29 is 29.2 Å². The van der Waals surface area contributed by atoms with Gasteiger partial charge in [0.25, 0.3) is 0 Å². The van der Waals surface area contributed by atoms with E-state index in [1.54, 1.807) is 0 Å². The molecule has 1 aliphatic rings. The molecule has 2 aromatic carbocycles. The molecule has 0 aliphatic heterocycles. The minimum absolute atomic E-state index is 0.106. The van der Waals surface area contributed by atoms with Crippen LogP contribution < -0.4 is 0 Å². The van der Waals surface area contributed by atoms with Crippen LogP contribution in [0.4, 0.5) is 0 Å². The largest absolute Gasteiger partial charge is 0.396 e. The molecular weight excluding hydrogens is 372 g/mol. The van der Waals surface area contributed by atoms with Gasteiger partial charge in [-0.25, -0.2) is 0 Å². The van der Waals surface area contributed by atoms with Gasteiger partial charge in [-0.2, -0.15) is 0 Å². The number of benzene rings is 2. The Labute approximate surface area is 172 Å². The Morgan fingerprint density at radius 3 is 1.93 bits per heavy atom. The highest BCUT2D eigenvalue weighted by atomic mass is 16.7. The number of aliphatic hydroxyl groups excluding tert-OH is 2. The van der Waals surface area contributed by atoms with Crippen LogP contribution in [0, 0.1) is 11.8 Å². The van der Waals surface area contributed by atoms with E-state index in [1.807, 2.05) is 60.7 Å². The molecule has 0 heterocycles. The van der Waals surface area contributed by atoms with Gasteiger partial charge in [0.15, 0.2) is 0 Å². The molecule has 2 aromatic rings. The van der Waals surface area contributed by atoms with E-state index in [0.29, 0.717) is 26.2 Å². The molecule has 29 heavy (non-hydrogen) atoms. The Hall–Kier alpha value is -1.80. The number of ether oxygens (including phenoxy) is 4. The fraction of sp³-hybridized carbons (Fsp3) is 0.478. The fourth-order valence-corrected chi connectivity index (χ4v) is 3.67. The van der Waals surface area contributed by atoms with Crippen molar-refractivity contribution in [3.63, 3.8) is 0 Å². The summed E-state index contributed by atoms with van der Waals surface area (Å²) in [7, 11) is 0. The van der Waals surface area contributed by atoms with E-state index in [0.717, 1.165) is 11.1 Å². The lowest BCUT2D eigenvalue weighted by Crippen LogP contribution is -2.31. The van der Waals surface area contributed by atoms with E-state index < -0.39 is 6.10 Å². The summed E-state index contributed by atoms with van der Waals surface area (Å²) in [6.07, 6.45) is -0.385. The molecule has 0 aromatic heterocycles. The first kappa shape index (κ1) is 21.9. The van der Waals surface area contributed by atoms with Crippen molar-refractivity contribution >= 4 is 0 Å². The van der Waals surface area contributed by atoms with Crippen molar-refractivity contribution in [3.05, 3.63) is 71.8 Å². The van der Waals surface area contributed by atoms with Crippen molar-refractivity contribution in [2.75, 3.05) is 26.8 Å². The first-order valence-corrected chi connectivity index (χ1v) is 9.99. The van der Waals surface area contributed by atoms with Crippen LogP contribution in [0.2, 0.25) is 0 Å². The van der Waals surface area contributed by atoms with Crippen LogP contribution in [0.25, 0.3) is 0 Å². The van der Waals surface area contributed by atoms with Crippen LogP contribution in [0.3, 0.4) is 0 Å². The maximum Gasteiger partial charge on any atom is 0.147 e. The molecule has 0 saturated heterocycles. The molecular formula is C23H30O6. The van der Waals surface area contributed by atoms with Gasteiger partial charge >= 0.3 is 0 Å². The zero-order valence-corrected chi connectivity index (χ0v) is 16.6. The lowest BCUT2D eigenvalue weighted by Gasteiger charge is -2.24. The molecule has 6 nitrogen and oxygen atoms in total. The lowest BCUT2D eigenvalue weighted by molar-refractivity contribution is -0.131. The van der Waals surface area contributed by atoms with Crippen molar-refractivity contribution in [3.8, 4) is 0 Å². The van der Waals surface area contributed by atoms with Gasteiger partial charge < -0.3 is 29.2 Å². The van der Waals surface area contributed by atoms with Gasteiger partial charge in [0.1, 0.15) is 13.6 Å². The first-order chi connectivity index (χ1) is 14.3. The topological polar surface area (TPSA) is 77.4 Å². The van der Waals surface area contributed by atoms with E-state index in [4.69, 9.17) is 18.9 Å². The van der Waals surface area contributed by atoms with Gasteiger partial charge in [0.05, 0.1) is 32.0 Å². The second-order valence-electron chi connectivity index (χ2n) is 7.29. The zero-order valence-electron chi connectivity index (χ0n) is 16.6. The number of hydrogen-bond acceptors (Lipinski definition) is 6. The Balaban J connectivity index is 1.39. The quantitative estimate of drug-likeness (QED) is 0.420. The molecule has 0 radical (unpaired) electrons. The Morgan fingerprint density at radius 1 is 0.759 bits per heavy atom. The molecule has 1 aliphatic carbocycles. The molecule has 0 bridgehead atoms. The minimum atomic E-state index is -0.613. The number of aliphatic hydroxyl groups is 2. The number of rotatable bonds is 12.